The van der Waals surface area contributed by atoms with E-state index in [1.54, 1.807) is 0 Å². The van der Waals surface area contributed by atoms with Gasteiger partial charge in [0.05, 0.1) is 6.54 Å². The number of hydrogen-bond donors (Lipinski definition) is 2. The van der Waals surface area contributed by atoms with Crippen LogP contribution >= 0.6 is 24.0 Å². The lowest BCUT2D eigenvalue weighted by Crippen LogP contribution is -2.44. The van der Waals surface area contributed by atoms with Crippen LogP contribution < -0.4 is 16.0 Å². The molecular formula is C20H37IN6. The molecule has 1 aromatic heterocycles. The molecule has 2 rings (SSSR count). The highest BCUT2D eigenvalue weighted by molar-refractivity contribution is 14.0. The molecule has 0 spiro atoms. The first-order valence-electron chi connectivity index (χ1n) is 9.89. The van der Waals surface area contributed by atoms with E-state index in [0.29, 0.717) is 18.5 Å². The highest BCUT2D eigenvalue weighted by Crippen LogP contribution is 2.14. The molecule has 154 valence electrons. The van der Waals surface area contributed by atoms with E-state index in [1.165, 1.54) is 12.8 Å². The highest BCUT2D eigenvalue weighted by atomic mass is 127. The Labute approximate surface area is 182 Å². The van der Waals surface area contributed by atoms with Crippen LogP contribution in [0.1, 0.15) is 45.6 Å². The van der Waals surface area contributed by atoms with Crippen LogP contribution in [0, 0.1) is 5.92 Å². The summed E-state index contributed by atoms with van der Waals surface area (Å²) in [6.45, 7) is 11.5. The maximum atomic E-state index is 6.02. The van der Waals surface area contributed by atoms with E-state index in [2.05, 4.69) is 65.0 Å². The number of likely N-dealkylation sites (N-methyl/N-ethyl adjacent to an activating group) is 1. The maximum absolute atomic E-state index is 6.02. The van der Waals surface area contributed by atoms with Gasteiger partial charge < -0.3 is 20.9 Å². The third-order valence-corrected chi connectivity index (χ3v) is 4.88. The summed E-state index contributed by atoms with van der Waals surface area (Å²) in [6.07, 6.45) is 5.51. The second-order valence-corrected chi connectivity index (χ2v) is 7.89. The van der Waals surface area contributed by atoms with E-state index in [9.17, 15) is 0 Å². The Morgan fingerprint density at radius 3 is 2.48 bits per heavy atom. The third kappa shape index (κ3) is 9.10. The molecule has 0 aliphatic carbocycles. The Hall–Kier alpha value is -1.09. The molecule has 1 saturated heterocycles. The van der Waals surface area contributed by atoms with Crippen LogP contribution in [-0.2, 0) is 6.54 Å². The number of nitrogens with zero attached hydrogens (tertiary/aromatic N) is 4. The minimum atomic E-state index is 0. The number of nitrogens with one attached hydrogen (secondary N) is 1. The minimum absolute atomic E-state index is 0. The number of piperazine rings is 1. The summed E-state index contributed by atoms with van der Waals surface area (Å²) in [5.74, 6) is 2.33. The second kappa shape index (κ2) is 12.4. The first kappa shape index (κ1) is 23.9. The average Bonchev–Trinajstić information content (AvgIpc) is 2.61. The van der Waals surface area contributed by atoms with Gasteiger partial charge in [-0.05, 0) is 37.9 Å². The van der Waals surface area contributed by atoms with Gasteiger partial charge in [0.1, 0.15) is 5.82 Å². The van der Waals surface area contributed by atoms with Crippen molar-refractivity contribution >= 4 is 35.8 Å². The zero-order valence-electron chi connectivity index (χ0n) is 17.3. The SMILES string of the molecule is CC(C)CCCC(C)NC(N)=NCc1ccc(N2CCN(C)CC2)nc1.I. The van der Waals surface area contributed by atoms with E-state index in [4.69, 9.17) is 5.73 Å². The first-order valence-corrected chi connectivity index (χ1v) is 9.89. The van der Waals surface area contributed by atoms with Crippen LogP contribution in [-0.4, -0.2) is 55.1 Å². The fourth-order valence-electron chi connectivity index (χ4n) is 3.11. The Kier molecular flexibility index (Phi) is 11.0. The van der Waals surface area contributed by atoms with Gasteiger partial charge >= 0.3 is 0 Å². The number of hydrogen-bond acceptors (Lipinski definition) is 4. The standard InChI is InChI=1S/C20H36N6.HI/c1-16(2)6-5-7-17(3)24-20(21)23-15-18-8-9-19(22-14-18)26-12-10-25(4)11-13-26;/h8-9,14,16-17H,5-7,10-13,15H2,1-4H3,(H3,21,23,24);1H. The molecule has 1 aromatic rings. The summed E-state index contributed by atoms with van der Waals surface area (Å²) in [6, 6.07) is 4.55. The molecule has 0 radical (unpaired) electrons. The van der Waals surface area contributed by atoms with Gasteiger partial charge in [-0.2, -0.15) is 0 Å². The smallest absolute Gasteiger partial charge is 0.189 e. The van der Waals surface area contributed by atoms with E-state index in [-0.39, 0.29) is 24.0 Å². The van der Waals surface area contributed by atoms with Crippen LogP contribution in [0.25, 0.3) is 0 Å². The van der Waals surface area contributed by atoms with Crippen molar-refractivity contribution in [1.29, 1.82) is 0 Å². The van der Waals surface area contributed by atoms with E-state index >= 15 is 0 Å². The molecule has 1 aliphatic rings. The van der Waals surface area contributed by atoms with Gasteiger partial charge in [0.25, 0.3) is 0 Å². The molecule has 3 N–H and O–H groups in total. The third-order valence-electron chi connectivity index (χ3n) is 4.88. The van der Waals surface area contributed by atoms with Crippen molar-refractivity contribution in [2.75, 3.05) is 38.1 Å². The van der Waals surface area contributed by atoms with Gasteiger partial charge in [-0.25, -0.2) is 9.98 Å². The molecule has 27 heavy (non-hydrogen) atoms. The number of aliphatic imine (C=N–C) groups is 1. The quantitative estimate of drug-likeness (QED) is 0.335. The number of aromatic nitrogens is 1. The molecule has 1 fully saturated rings. The Bertz CT molecular complexity index is 552. The lowest BCUT2D eigenvalue weighted by atomic mass is 10.0. The Morgan fingerprint density at radius 2 is 1.89 bits per heavy atom. The predicted octanol–water partition coefficient (Wildman–Crippen LogP) is 3.07. The lowest BCUT2D eigenvalue weighted by molar-refractivity contribution is 0.312. The van der Waals surface area contributed by atoms with Crippen molar-refractivity contribution in [3.8, 4) is 0 Å². The topological polar surface area (TPSA) is 69.8 Å². The Morgan fingerprint density at radius 1 is 1.19 bits per heavy atom. The molecule has 0 bridgehead atoms. The van der Waals surface area contributed by atoms with Gasteiger partial charge in [-0.15, -0.1) is 24.0 Å². The highest BCUT2D eigenvalue weighted by Gasteiger charge is 2.14. The molecule has 2 heterocycles. The molecular weight excluding hydrogens is 451 g/mol. The molecule has 6 nitrogen and oxygen atoms in total. The van der Waals surface area contributed by atoms with Crippen molar-refractivity contribution in [1.82, 2.24) is 15.2 Å². The van der Waals surface area contributed by atoms with E-state index < -0.39 is 0 Å². The van der Waals surface area contributed by atoms with Gasteiger partial charge in [-0.1, -0.05) is 32.8 Å². The van der Waals surface area contributed by atoms with E-state index in [0.717, 1.165) is 49.9 Å². The van der Waals surface area contributed by atoms with Crippen LogP contribution in [0.4, 0.5) is 5.82 Å². The van der Waals surface area contributed by atoms with Crippen molar-refractivity contribution < 1.29 is 0 Å². The van der Waals surface area contributed by atoms with Crippen LogP contribution in [0.3, 0.4) is 0 Å². The number of halogens is 1. The summed E-state index contributed by atoms with van der Waals surface area (Å²) in [4.78, 5) is 13.7. The summed E-state index contributed by atoms with van der Waals surface area (Å²) in [5.41, 5.74) is 7.10. The van der Waals surface area contributed by atoms with Gasteiger partial charge in [0.15, 0.2) is 5.96 Å². The lowest BCUT2D eigenvalue weighted by Gasteiger charge is -2.33. The Balaban J connectivity index is 0.00000364. The molecule has 7 heteroatoms. The van der Waals surface area contributed by atoms with Gasteiger partial charge in [-0.3, -0.25) is 0 Å². The molecule has 1 atom stereocenters. The zero-order valence-corrected chi connectivity index (χ0v) is 19.6. The van der Waals surface area contributed by atoms with Gasteiger partial charge in [0.2, 0.25) is 0 Å². The summed E-state index contributed by atoms with van der Waals surface area (Å²) < 4.78 is 0. The molecule has 0 aromatic carbocycles. The monoisotopic (exact) mass is 488 g/mol. The zero-order chi connectivity index (χ0) is 18.9. The molecule has 0 saturated carbocycles. The normalized spacial score (nSPS) is 16.9. The molecule has 1 aliphatic heterocycles. The fraction of sp³-hybridized carbons (Fsp3) is 0.700. The van der Waals surface area contributed by atoms with Crippen molar-refractivity contribution in [2.24, 2.45) is 16.6 Å². The van der Waals surface area contributed by atoms with Crippen molar-refractivity contribution in [3.05, 3.63) is 23.9 Å². The number of nitrogens with two attached hydrogens (primary N) is 1. The number of rotatable bonds is 8. The van der Waals surface area contributed by atoms with Crippen LogP contribution in [0.5, 0.6) is 0 Å². The molecule has 0 amide bonds. The maximum Gasteiger partial charge on any atom is 0.189 e. The van der Waals surface area contributed by atoms with Crippen LogP contribution in [0.2, 0.25) is 0 Å². The average molecular weight is 488 g/mol. The van der Waals surface area contributed by atoms with Gasteiger partial charge in [0, 0.05) is 38.4 Å². The minimum Gasteiger partial charge on any atom is -0.370 e. The van der Waals surface area contributed by atoms with E-state index in [1.807, 2.05) is 6.20 Å². The van der Waals surface area contributed by atoms with Crippen LogP contribution in [0.15, 0.2) is 23.3 Å². The number of pyridine rings is 1. The number of anilines is 1. The summed E-state index contributed by atoms with van der Waals surface area (Å²) in [5, 5.41) is 3.29. The predicted molar refractivity (Wildman–Crippen MR) is 126 cm³/mol. The summed E-state index contributed by atoms with van der Waals surface area (Å²) >= 11 is 0. The van der Waals surface area contributed by atoms with Crippen molar-refractivity contribution in [3.63, 3.8) is 0 Å². The summed E-state index contributed by atoms with van der Waals surface area (Å²) in [7, 11) is 2.16. The second-order valence-electron chi connectivity index (χ2n) is 7.89. The fourth-order valence-corrected chi connectivity index (χ4v) is 3.11. The van der Waals surface area contributed by atoms with Crippen molar-refractivity contribution in [2.45, 2.75) is 52.6 Å². The number of guanidine groups is 1. The first-order chi connectivity index (χ1) is 12.4. The largest absolute Gasteiger partial charge is 0.370 e. The molecule has 1 unspecified atom stereocenters.